The molecule has 1 aromatic carbocycles. The van der Waals surface area contributed by atoms with Crippen molar-refractivity contribution in [3.8, 4) is 10.4 Å². The molecule has 1 fully saturated rings. The molecule has 0 spiro atoms. The lowest BCUT2D eigenvalue weighted by molar-refractivity contribution is 0.0782. The summed E-state index contributed by atoms with van der Waals surface area (Å²) in [7, 11) is 0. The normalized spacial score (nSPS) is 18.0. The van der Waals surface area contributed by atoms with Crippen LogP contribution in [-0.2, 0) is 5.60 Å². The van der Waals surface area contributed by atoms with E-state index in [0.717, 1.165) is 11.3 Å². The Morgan fingerprint density at radius 3 is 2.50 bits per heavy atom. The number of hydrogen-bond donors (Lipinski definition) is 5. The number of nitrogens with zero attached hydrogens (tertiary/aromatic N) is 1. The lowest BCUT2D eigenvalue weighted by Gasteiger charge is -2.26. The highest BCUT2D eigenvalue weighted by Crippen LogP contribution is 2.38. The van der Waals surface area contributed by atoms with E-state index in [0.29, 0.717) is 46.9 Å². The van der Waals surface area contributed by atoms with Gasteiger partial charge in [0.2, 0.25) is 0 Å². The standard InChI is InChI=1S/C26H29FN4O4S/c1-26(2,35)14-6-11-17(19(27)12-14)21-13-18(23(28)33)25(36-21)31-22-5-3-4-20(30-22)24(34)29-15-7-9-16(32)10-8-15/h3-6,11-13,15-16,32,35H,7-10H2,1-2H3,(H2,28,33)(H,29,34)(H,30,31)/t15-,16-. The molecule has 4 rings (SSSR count). The van der Waals surface area contributed by atoms with Crippen LogP contribution in [0.1, 0.15) is 65.9 Å². The van der Waals surface area contributed by atoms with Gasteiger partial charge in [0.25, 0.3) is 11.8 Å². The maximum Gasteiger partial charge on any atom is 0.270 e. The molecule has 6 N–H and O–H groups in total. The molecule has 3 aromatic rings. The number of amides is 2. The van der Waals surface area contributed by atoms with Crippen molar-refractivity contribution >= 4 is 34.0 Å². The largest absolute Gasteiger partial charge is 0.393 e. The topological polar surface area (TPSA) is 138 Å². The van der Waals surface area contributed by atoms with Gasteiger partial charge in [-0.25, -0.2) is 9.37 Å². The van der Waals surface area contributed by atoms with Gasteiger partial charge in [0.15, 0.2) is 0 Å². The smallest absolute Gasteiger partial charge is 0.270 e. The molecule has 1 saturated carbocycles. The molecule has 190 valence electrons. The first-order valence-electron chi connectivity index (χ1n) is 11.7. The number of halogens is 1. The number of aliphatic hydroxyl groups is 2. The molecule has 8 nitrogen and oxygen atoms in total. The van der Waals surface area contributed by atoms with Crippen molar-refractivity contribution in [2.45, 2.75) is 57.3 Å². The molecule has 0 unspecified atom stereocenters. The number of primary amides is 1. The van der Waals surface area contributed by atoms with E-state index in [1.807, 2.05) is 0 Å². The van der Waals surface area contributed by atoms with Crippen LogP contribution in [0.2, 0.25) is 0 Å². The van der Waals surface area contributed by atoms with Crippen LogP contribution in [0.5, 0.6) is 0 Å². The van der Waals surface area contributed by atoms with Gasteiger partial charge in [-0.1, -0.05) is 18.2 Å². The first kappa shape index (κ1) is 25.7. The molecule has 0 atom stereocenters. The second-order valence-electron chi connectivity index (χ2n) is 9.48. The molecular weight excluding hydrogens is 483 g/mol. The summed E-state index contributed by atoms with van der Waals surface area (Å²) < 4.78 is 14.9. The van der Waals surface area contributed by atoms with E-state index in [1.54, 1.807) is 44.2 Å². The number of aliphatic hydroxyl groups excluding tert-OH is 1. The minimum Gasteiger partial charge on any atom is -0.393 e. The lowest BCUT2D eigenvalue weighted by atomic mass is 9.93. The van der Waals surface area contributed by atoms with Crippen molar-refractivity contribution < 1.29 is 24.2 Å². The zero-order chi connectivity index (χ0) is 26.0. The molecule has 2 amide bonds. The molecule has 10 heteroatoms. The summed E-state index contributed by atoms with van der Waals surface area (Å²) in [5, 5.41) is 26.2. The number of nitrogens with two attached hydrogens (primary N) is 1. The van der Waals surface area contributed by atoms with E-state index < -0.39 is 17.3 Å². The van der Waals surface area contributed by atoms with E-state index >= 15 is 0 Å². The number of nitrogens with one attached hydrogen (secondary N) is 2. The Morgan fingerprint density at radius 1 is 1.14 bits per heavy atom. The van der Waals surface area contributed by atoms with Gasteiger partial charge in [-0.05, 0) is 69.4 Å². The van der Waals surface area contributed by atoms with Gasteiger partial charge in [0, 0.05) is 16.5 Å². The average molecular weight is 513 g/mol. The molecule has 0 radical (unpaired) electrons. The van der Waals surface area contributed by atoms with Crippen LogP contribution in [-0.4, -0.2) is 39.2 Å². The maximum absolute atomic E-state index is 14.9. The Hall–Kier alpha value is -3.34. The van der Waals surface area contributed by atoms with Crippen LogP contribution in [0.15, 0.2) is 42.5 Å². The van der Waals surface area contributed by atoms with Crippen LogP contribution < -0.4 is 16.4 Å². The molecule has 0 bridgehead atoms. The molecule has 2 heterocycles. The Morgan fingerprint density at radius 2 is 1.86 bits per heavy atom. The summed E-state index contributed by atoms with van der Waals surface area (Å²) in [4.78, 5) is 29.6. The zero-order valence-electron chi connectivity index (χ0n) is 20.0. The highest BCUT2D eigenvalue weighted by atomic mass is 32.1. The highest BCUT2D eigenvalue weighted by molar-refractivity contribution is 7.20. The average Bonchev–Trinajstić information content (AvgIpc) is 3.23. The van der Waals surface area contributed by atoms with Crippen molar-refractivity contribution in [1.29, 1.82) is 0 Å². The van der Waals surface area contributed by atoms with Gasteiger partial charge < -0.3 is 26.6 Å². The third-order valence-electron chi connectivity index (χ3n) is 6.19. The van der Waals surface area contributed by atoms with Crippen LogP contribution in [0.4, 0.5) is 15.2 Å². The summed E-state index contributed by atoms with van der Waals surface area (Å²) in [6.45, 7) is 3.14. The van der Waals surface area contributed by atoms with Crippen LogP contribution in [0.25, 0.3) is 10.4 Å². The molecule has 2 aromatic heterocycles. The predicted molar refractivity (Wildman–Crippen MR) is 137 cm³/mol. The van der Waals surface area contributed by atoms with Crippen molar-refractivity contribution in [3.05, 3.63) is 65.1 Å². The molecular formula is C26H29FN4O4S. The molecule has 0 saturated heterocycles. The van der Waals surface area contributed by atoms with Gasteiger partial charge >= 0.3 is 0 Å². The third kappa shape index (κ3) is 5.89. The second kappa shape index (κ2) is 10.3. The number of rotatable bonds is 7. The number of hydrogen-bond acceptors (Lipinski definition) is 7. The van der Waals surface area contributed by atoms with Gasteiger partial charge in [-0.3, -0.25) is 9.59 Å². The van der Waals surface area contributed by atoms with Crippen molar-refractivity contribution in [1.82, 2.24) is 10.3 Å². The molecule has 0 aliphatic heterocycles. The zero-order valence-corrected chi connectivity index (χ0v) is 20.9. The highest BCUT2D eigenvalue weighted by Gasteiger charge is 2.23. The summed E-state index contributed by atoms with van der Waals surface area (Å²) in [5.74, 6) is -1.22. The second-order valence-corrected chi connectivity index (χ2v) is 10.5. The first-order chi connectivity index (χ1) is 17.0. The van der Waals surface area contributed by atoms with Gasteiger partial charge in [0.1, 0.15) is 22.3 Å². The SMILES string of the molecule is CC(C)(O)c1ccc(-c2cc(C(N)=O)c(Nc3cccc(C(=O)N[C@H]4CC[C@H](O)CC4)n3)s2)c(F)c1. The van der Waals surface area contributed by atoms with E-state index in [1.165, 1.54) is 12.1 Å². The van der Waals surface area contributed by atoms with Crippen LogP contribution in [0, 0.1) is 5.82 Å². The molecule has 1 aliphatic rings. The van der Waals surface area contributed by atoms with Crippen molar-refractivity contribution in [2.75, 3.05) is 5.32 Å². The Balaban J connectivity index is 1.55. The summed E-state index contributed by atoms with van der Waals surface area (Å²) in [5.41, 5.74) is 5.44. The van der Waals surface area contributed by atoms with E-state index in [2.05, 4.69) is 15.6 Å². The monoisotopic (exact) mass is 512 g/mol. The maximum atomic E-state index is 14.9. The Labute approximate surface area is 212 Å². The fourth-order valence-corrected chi connectivity index (χ4v) is 5.22. The summed E-state index contributed by atoms with van der Waals surface area (Å²) in [6.07, 6.45) is 2.40. The van der Waals surface area contributed by atoms with Crippen molar-refractivity contribution in [3.63, 3.8) is 0 Å². The van der Waals surface area contributed by atoms with Gasteiger partial charge in [0.05, 0.1) is 17.3 Å². The Kier molecular flexibility index (Phi) is 7.39. The number of thiophene rings is 1. The molecule has 36 heavy (non-hydrogen) atoms. The van der Waals surface area contributed by atoms with E-state index in [-0.39, 0.29) is 34.9 Å². The van der Waals surface area contributed by atoms with E-state index in [4.69, 9.17) is 5.73 Å². The van der Waals surface area contributed by atoms with E-state index in [9.17, 15) is 24.2 Å². The minimum absolute atomic E-state index is 0.0154. The van der Waals surface area contributed by atoms with Crippen LogP contribution in [0.3, 0.4) is 0 Å². The Bertz CT molecular complexity index is 1280. The number of benzene rings is 1. The first-order valence-corrected chi connectivity index (χ1v) is 12.5. The summed E-state index contributed by atoms with van der Waals surface area (Å²) >= 11 is 1.13. The number of anilines is 2. The molecule has 1 aliphatic carbocycles. The fraction of sp³-hybridized carbons (Fsp3) is 0.346. The summed E-state index contributed by atoms with van der Waals surface area (Å²) in [6, 6.07) is 10.8. The number of aromatic nitrogens is 1. The number of carbonyl (C=O) groups is 2. The third-order valence-corrected chi connectivity index (χ3v) is 7.28. The number of pyridine rings is 1. The number of carbonyl (C=O) groups excluding carboxylic acids is 2. The fourth-order valence-electron chi connectivity index (χ4n) is 4.12. The predicted octanol–water partition coefficient (Wildman–Crippen LogP) is 4.05. The van der Waals surface area contributed by atoms with Crippen LogP contribution >= 0.6 is 11.3 Å². The van der Waals surface area contributed by atoms with Gasteiger partial charge in [-0.15, -0.1) is 11.3 Å². The lowest BCUT2D eigenvalue weighted by Crippen LogP contribution is -2.38. The quantitative estimate of drug-likeness (QED) is 0.324. The van der Waals surface area contributed by atoms with Crippen molar-refractivity contribution in [2.24, 2.45) is 5.73 Å². The minimum atomic E-state index is -1.19. The van der Waals surface area contributed by atoms with Gasteiger partial charge in [-0.2, -0.15) is 0 Å².